The van der Waals surface area contributed by atoms with E-state index in [2.05, 4.69) is 10.1 Å². The van der Waals surface area contributed by atoms with E-state index in [1.54, 1.807) is 13.8 Å². The summed E-state index contributed by atoms with van der Waals surface area (Å²) in [7, 11) is 0. The smallest absolute Gasteiger partial charge is 0.277 e. The second-order valence-electron chi connectivity index (χ2n) is 3.84. The maximum Gasteiger partial charge on any atom is 0.277 e. The van der Waals surface area contributed by atoms with Gasteiger partial charge < -0.3 is 10.1 Å². The lowest BCUT2D eigenvalue weighted by Gasteiger charge is -2.04. The number of aromatic amines is 1. The molecule has 0 aliphatic carbocycles. The van der Waals surface area contributed by atoms with Crippen LogP contribution in [0.5, 0.6) is 0 Å². The predicted octanol–water partition coefficient (Wildman–Crippen LogP) is 0.0459. The minimum atomic E-state index is -0.282. The Labute approximate surface area is 97.1 Å². The first kappa shape index (κ1) is 11.4. The van der Waals surface area contributed by atoms with Gasteiger partial charge in [-0.2, -0.15) is 14.9 Å². The van der Waals surface area contributed by atoms with Crippen molar-refractivity contribution in [2.75, 3.05) is 6.61 Å². The van der Waals surface area contributed by atoms with Crippen LogP contribution in [0.15, 0.2) is 4.79 Å². The van der Waals surface area contributed by atoms with E-state index < -0.39 is 0 Å². The number of aliphatic hydroxyl groups is 1. The number of nitrogens with zero attached hydrogens (tertiary/aromatic N) is 3. The average Bonchev–Trinajstić information content (AvgIpc) is 2.60. The van der Waals surface area contributed by atoms with Crippen molar-refractivity contribution < 1.29 is 5.11 Å². The molecule has 6 heteroatoms. The molecule has 88 valence electrons. The Bertz CT molecular complexity index is 675. The van der Waals surface area contributed by atoms with E-state index in [-0.39, 0.29) is 18.6 Å². The summed E-state index contributed by atoms with van der Waals surface area (Å²) in [4.78, 5) is 15.1. The Morgan fingerprint density at radius 3 is 2.82 bits per heavy atom. The Morgan fingerprint density at radius 2 is 2.24 bits per heavy atom. The van der Waals surface area contributed by atoms with Crippen molar-refractivity contribution in [3.8, 4) is 6.07 Å². The minimum absolute atomic E-state index is 0.0964. The molecule has 2 aromatic heterocycles. The molecule has 0 aliphatic heterocycles. The van der Waals surface area contributed by atoms with Gasteiger partial charge >= 0.3 is 0 Å². The molecule has 0 spiro atoms. The normalized spacial score (nSPS) is 10.7. The van der Waals surface area contributed by atoms with E-state index in [0.29, 0.717) is 28.2 Å². The molecule has 0 aliphatic rings. The fourth-order valence-electron chi connectivity index (χ4n) is 1.87. The predicted molar refractivity (Wildman–Crippen MR) is 60.8 cm³/mol. The van der Waals surface area contributed by atoms with Crippen LogP contribution < -0.4 is 5.56 Å². The first-order valence-corrected chi connectivity index (χ1v) is 5.22. The van der Waals surface area contributed by atoms with Gasteiger partial charge in [-0.1, -0.05) is 0 Å². The molecule has 2 rings (SSSR count). The Kier molecular flexibility index (Phi) is 2.69. The van der Waals surface area contributed by atoms with Crippen LogP contribution in [0.3, 0.4) is 0 Å². The molecule has 0 saturated carbocycles. The molecule has 0 aromatic carbocycles. The summed E-state index contributed by atoms with van der Waals surface area (Å²) in [6.07, 6.45) is 0.276. The highest BCUT2D eigenvalue weighted by molar-refractivity contribution is 5.57. The van der Waals surface area contributed by atoms with Gasteiger partial charge in [-0.05, 0) is 13.8 Å². The lowest BCUT2D eigenvalue weighted by molar-refractivity contribution is 0.298. The molecule has 2 heterocycles. The highest BCUT2D eigenvalue weighted by atomic mass is 16.3. The number of hydrogen-bond donors (Lipinski definition) is 2. The lowest BCUT2D eigenvalue weighted by Crippen LogP contribution is -2.22. The van der Waals surface area contributed by atoms with Gasteiger partial charge in [0, 0.05) is 24.3 Å². The highest BCUT2D eigenvalue weighted by Gasteiger charge is 2.15. The molecule has 0 bridgehead atoms. The topological polar surface area (TPSA) is 94.2 Å². The number of rotatable bonds is 2. The van der Waals surface area contributed by atoms with Crippen LogP contribution in [0.4, 0.5) is 0 Å². The average molecular weight is 232 g/mol. The third-order valence-electron chi connectivity index (χ3n) is 2.74. The van der Waals surface area contributed by atoms with Crippen LogP contribution in [-0.4, -0.2) is 26.3 Å². The van der Waals surface area contributed by atoms with Gasteiger partial charge in [0.1, 0.15) is 11.6 Å². The number of aromatic nitrogens is 3. The van der Waals surface area contributed by atoms with E-state index in [1.165, 1.54) is 4.52 Å². The fraction of sp³-hybridized carbons (Fsp3) is 0.364. The maximum atomic E-state index is 12.1. The number of H-pyrrole nitrogens is 1. The molecule has 0 saturated heterocycles. The second-order valence-corrected chi connectivity index (χ2v) is 3.84. The zero-order valence-electron chi connectivity index (χ0n) is 9.61. The molecule has 2 aromatic rings. The molecule has 17 heavy (non-hydrogen) atoms. The third-order valence-corrected chi connectivity index (χ3v) is 2.74. The molecular weight excluding hydrogens is 220 g/mol. The van der Waals surface area contributed by atoms with E-state index in [4.69, 9.17) is 10.4 Å². The zero-order chi connectivity index (χ0) is 12.6. The summed E-state index contributed by atoms with van der Waals surface area (Å²) in [6.45, 7) is 3.33. The van der Waals surface area contributed by atoms with Crippen molar-refractivity contribution in [2.24, 2.45) is 0 Å². The number of fused-ring (bicyclic) bond motifs is 1. The Morgan fingerprint density at radius 1 is 1.53 bits per heavy atom. The molecule has 0 fully saturated rings. The first-order chi connectivity index (χ1) is 8.10. The summed E-state index contributed by atoms with van der Waals surface area (Å²) in [5.41, 5.74) is 2.17. The van der Waals surface area contributed by atoms with Crippen LogP contribution in [0.2, 0.25) is 0 Å². The van der Waals surface area contributed by atoms with Crippen LogP contribution in [-0.2, 0) is 6.42 Å². The molecule has 0 atom stereocenters. The third kappa shape index (κ3) is 1.61. The van der Waals surface area contributed by atoms with Crippen molar-refractivity contribution in [3.05, 3.63) is 32.9 Å². The maximum absolute atomic E-state index is 12.1. The number of hydrogen-bond acceptors (Lipinski definition) is 4. The van der Waals surface area contributed by atoms with E-state index in [0.717, 1.165) is 0 Å². The van der Waals surface area contributed by atoms with E-state index >= 15 is 0 Å². The lowest BCUT2D eigenvalue weighted by atomic mass is 10.2. The van der Waals surface area contributed by atoms with Crippen molar-refractivity contribution in [2.45, 2.75) is 20.3 Å². The van der Waals surface area contributed by atoms with Crippen LogP contribution in [0.25, 0.3) is 5.65 Å². The molecule has 6 nitrogen and oxygen atoms in total. The fourth-order valence-corrected chi connectivity index (χ4v) is 1.87. The summed E-state index contributed by atoms with van der Waals surface area (Å²) >= 11 is 0. The SMILES string of the molecule is Cc1nn2c(=O)c(CCO)c(C)[nH]c2c1C#N. The second kappa shape index (κ2) is 4.03. The monoisotopic (exact) mass is 232 g/mol. The van der Waals surface area contributed by atoms with Crippen LogP contribution in [0.1, 0.15) is 22.5 Å². The summed E-state index contributed by atoms with van der Waals surface area (Å²) in [6, 6.07) is 2.02. The number of aryl methyl sites for hydroxylation is 2. The van der Waals surface area contributed by atoms with E-state index in [9.17, 15) is 4.79 Å². The van der Waals surface area contributed by atoms with Gasteiger partial charge in [-0.25, -0.2) is 0 Å². The van der Waals surface area contributed by atoms with Crippen molar-refractivity contribution in [3.63, 3.8) is 0 Å². The Balaban J connectivity index is 2.87. The summed E-state index contributed by atoms with van der Waals surface area (Å²) < 4.78 is 1.19. The van der Waals surface area contributed by atoms with Gasteiger partial charge in [0.25, 0.3) is 5.56 Å². The Hall–Kier alpha value is -2.13. The summed E-state index contributed by atoms with van der Waals surface area (Å²) in [5.74, 6) is 0. The molecule has 0 unspecified atom stereocenters. The quantitative estimate of drug-likeness (QED) is 0.764. The van der Waals surface area contributed by atoms with E-state index in [1.807, 2.05) is 6.07 Å². The van der Waals surface area contributed by atoms with Crippen molar-refractivity contribution in [1.82, 2.24) is 14.6 Å². The largest absolute Gasteiger partial charge is 0.396 e. The van der Waals surface area contributed by atoms with Crippen LogP contribution in [0, 0.1) is 25.2 Å². The van der Waals surface area contributed by atoms with Gasteiger partial charge in [0.05, 0.1) is 5.69 Å². The van der Waals surface area contributed by atoms with Gasteiger partial charge in [0.2, 0.25) is 0 Å². The van der Waals surface area contributed by atoms with Crippen LogP contribution >= 0.6 is 0 Å². The number of nitriles is 1. The van der Waals surface area contributed by atoms with Gasteiger partial charge in [-0.15, -0.1) is 0 Å². The molecule has 0 radical (unpaired) electrons. The standard InChI is InChI=1S/C11H12N4O2/c1-6-8(3-4-16)11(17)15-10(13-6)9(5-12)7(2)14-15/h13,16H,3-4H2,1-2H3. The van der Waals surface area contributed by atoms with Gasteiger partial charge in [0.15, 0.2) is 5.65 Å². The van der Waals surface area contributed by atoms with Crippen molar-refractivity contribution in [1.29, 1.82) is 5.26 Å². The summed E-state index contributed by atoms with van der Waals surface area (Å²) in [5, 5.41) is 21.9. The van der Waals surface area contributed by atoms with Gasteiger partial charge in [-0.3, -0.25) is 4.79 Å². The molecule has 0 amide bonds. The molecule has 2 N–H and O–H groups in total. The number of aliphatic hydroxyl groups excluding tert-OH is 1. The van der Waals surface area contributed by atoms with Crippen molar-refractivity contribution >= 4 is 5.65 Å². The zero-order valence-corrected chi connectivity index (χ0v) is 9.61. The molecular formula is C11H12N4O2. The minimum Gasteiger partial charge on any atom is -0.396 e. The first-order valence-electron chi connectivity index (χ1n) is 5.22. The number of nitrogens with one attached hydrogen (secondary N) is 1. The highest BCUT2D eigenvalue weighted by Crippen LogP contribution is 2.12.